The summed E-state index contributed by atoms with van der Waals surface area (Å²) in [6.45, 7) is 2.06. The molecule has 4 fully saturated rings. The van der Waals surface area contributed by atoms with Crippen LogP contribution in [-0.2, 0) is 38.2 Å². The van der Waals surface area contributed by atoms with Crippen molar-refractivity contribution in [2.24, 2.45) is 53.3 Å². The Kier molecular flexibility index (Phi) is 7.80. The number of carboxylic acid groups (broad SMARTS) is 2. The third-order valence-corrected chi connectivity index (χ3v) is 9.04. The summed E-state index contributed by atoms with van der Waals surface area (Å²) < 4.78 is 9.81. The monoisotopic (exact) mass is 506 g/mol. The van der Waals surface area contributed by atoms with E-state index in [1.54, 1.807) is 0 Å². The van der Waals surface area contributed by atoms with Crippen LogP contribution in [0.5, 0.6) is 0 Å². The number of aliphatic carboxylic acids is 2. The highest BCUT2D eigenvalue weighted by molar-refractivity contribution is 5.98. The van der Waals surface area contributed by atoms with E-state index in [-0.39, 0.29) is 32.1 Å². The van der Waals surface area contributed by atoms with Gasteiger partial charge >= 0.3 is 35.8 Å². The predicted octanol–water partition coefficient (Wildman–Crippen LogP) is 2.82. The summed E-state index contributed by atoms with van der Waals surface area (Å²) in [5.41, 5.74) is 0. The molecule has 10 heteroatoms. The number of cyclic esters (lactones) is 4. The van der Waals surface area contributed by atoms with Gasteiger partial charge in [-0.25, -0.2) is 0 Å². The van der Waals surface area contributed by atoms with Crippen LogP contribution in [0.4, 0.5) is 0 Å². The Morgan fingerprint density at radius 2 is 1.33 bits per heavy atom. The van der Waals surface area contributed by atoms with E-state index in [1.165, 1.54) is 0 Å². The van der Waals surface area contributed by atoms with Crippen LogP contribution < -0.4 is 0 Å². The lowest BCUT2D eigenvalue weighted by atomic mass is 9.57. The molecule has 4 rings (SSSR count). The molecule has 2 saturated carbocycles. The first-order chi connectivity index (χ1) is 17.1. The largest absolute Gasteiger partial charge is 0.481 e. The molecule has 2 heterocycles. The zero-order valence-electron chi connectivity index (χ0n) is 20.4. The Morgan fingerprint density at radius 1 is 0.778 bits per heavy atom. The summed E-state index contributed by atoms with van der Waals surface area (Å²) in [5, 5.41) is 20.0. The lowest BCUT2D eigenvalue weighted by Gasteiger charge is -2.43. The van der Waals surface area contributed by atoms with Gasteiger partial charge in [0.05, 0.1) is 35.5 Å². The van der Waals surface area contributed by atoms with E-state index in [0.717, 1.165) is 25.7 Å². The van der Waals surface area contributed by atoms with Gasteiger partial charge in [0, 0.05) is 0 Å². The highest BCUT2D eigenvalue weighted by Crippen LogP contribution is 2.53. The maximum atomic E-state index is 12.8. The molecule has 0 aromatic carbocycles. The van der Waals surface area contributed by atoms with Crippen LogP contribution in [0.1, 0.15) is 71.1 Å². The van der Waals surface area contributed by atoms with Crippen LogP contribution in [-0.4, -0.2) is 46.0 Å². The molecular formula is C26H34O10. The van der Waals surface area contributed by atoms with E-state index in [9.17, 15) is 39.0 Å². The standard InChI is InChI=1S/C26H34O10/c1-2-3-4-5-6-12(18-14(22(29)30)8-10-16-20(18)26(34)36-24(16)32)11-17-13(21(27)28)7-9-15-19(17)25(33)35-23(15)31/h12-20H,2-11H2,1H3,(H,27,28)(H,29,30). The van der Waals surface area contributed by atoms with E-state index < -0.39 is 89.1 Å². The zero-order chi connectivity index (χ0) is 26.1. The molecule has 2 N–H and O–H groups in total. The number of unbranched alkanes of at least 4 members (excludes halogenated alkanes) is 3. The molecule has 2 saturated heterocycles. The summed E-state index contributed by atoms with van der Waals surface area (Å²) in [6, 6.07) is 0. The van der Waals surface area contributed by atoms with Gasteiger partial charge in [-0.05, 0) is 49.9 Å². The second kappa shape index (κ2) is 10.7. The fraction of sp³-hybridized carbons (Fsp3) is 0.769. The summed E-state index contributed by atoms with van der Waals surface area (Å²) in [5.74, 6) is -11.7. The Balaban J connectivity index is 1.70. The van der Waals surface area contributed by atoms with Gasteiger partial charge < -0.3 is 19.7 Å². The average molecular weight is 507 g/mol. The molecule has 198 valence electrons. The van der Waals surface area contributed by atoms with Crippen LogP contribution in [0.2, 0.25) is 0 Å². The molecule has 9 atom stereocenters. The maximum absolute atomic E-state index is 12.8. The lowest BCUT2D eigenvalue weighted by molar-refractivity contribution is -0.158. The van der Waals surface area contributed by atoms with E-state index in [4.69, 9.17) is 9.47 Å². The Bertz CT molecular complexity index is 941. The number of carbonyl (C=O) groups is 6. The molecule has 0 amide bonds. The maximum Gasteiger partial charge on any atom is 0.317 e. The Labute approximate surface area is 209 Å². The first-order valence-electron chi connectivity index (χ1n) is 13.1. The van der Waals surface area contributed by atoms with Gasteiger partial charge in [-0.3, -0.25) is 28.8 Å². The van der Waals surface area contributed by atoms with Crippen LogP contribution >= 0.6 is 0 Å². The van der Waals surface area contributed by atoms with E-state index in [2.05, 4.69) is 6.92 Å². The number of esters is 4. The predicted molar refractivity (Wildman–Crippen MR) is 121 cm³/mol. The van der Waals surface area contributed by atoms with Crippen LogP contribution in [0, 0.1) is 53.3 Å². The molecule has 36 heavy (non-hydrogen) atoms. The van der Waals surface area contributed by atoms with Gasteiger partial charge in [-0.15, -0.1) is 0 Å². The smallest absolute Gasteiger partial charge is 0.317 e. The molecule has 0 bridgehead atoms. The molecule has 0 spiro atoms. The number of carbonyl (C=O) groups excluding carboxylic acids is 4. The van der Waals surface area contributed by atoms with Crippen LogP contribution in [0.25, 0.3) is 0 Å². The molecule has 0 radical (unpaired) electrons. The number of rotatable bonds is 10. The third kappa shape index (κ3) is 4.78. The molecule has 0 aromatic rings. The summed E-state index contributed by atoms with van der Waals surface area (Å²) >= 11 is 0. The highest BCUT2D eigenvalue weighted by atomic mass is 16.6. The average Bonchev–Trinajstić information content (AvgIpc) is 3.29. The van der Waals surface area contributed by atoms with Gasteiger partial charge in [0.25, 0.3) is 0 Å². The van der Waals surface area contributed by atoms with Gasteiger partial charge in [-0.1, -0.05) is 39.0 Å². The van der Waals surface area contributed by atoms with Crippen molar-refractivity contribution in [3.05, 3.63) is 0 Å². The molecule has 0 aromatic heterocycles. The van der Waals surface area contributed by atoms with Crippen molar-refractivity contribution in [2.45, 2.75) is 71.1 Å². The summed E-state index contributed by atoms with van der Waals surface area (Å²) in [7, 11) is 0. The topological polar surface area (TPSA) is 161 Å². The first kappa shape index (κ1) is 26.3. The van der Waals surface area contributed by atoms with Crippen molar-refractivity contribution in [1.29, 1.82) is 0 Å². The Morgan fingerprint density at radius 3 is 1.92 bits per heavy atom. The number of hydrogen-bond acceptors (Lipinski definition) is 8. The lowest BCUT2D eigenvalue weighted by Crippen LogP contribution is -2.46. The minimum absolute atomic E-state index is 0.172. The van der Waals surface area contributed by atoms with Gasteiger partial charge in [0.15, 0.2) is 0 Å². The quantitative estimate of drug-likeness (QED) is 0.256. The fourth-order valence-corrected chi connectivity index (χ4v) is 7.40. The highest BCUT2D eigenvalue weighted by Gasteiger charge is 2.59. The molecule has 4 aliphatic rings. The second-order valence-corrected chi connectivity index (χ2v) is 10.9. The summed E-state index contributed by atoms with van der Waals surface area (Å²) in [6.07, 6.45) is 5.21. The van der Waals surface area contributed by atoms with Gasteiger partial charge in [0.1, 0.15) is 0 Å². The minimum Gasteiger partial charge on any atom is -0.481 e. The third-order valence-electron chi connectivity index (χ3n) is 9.04. The SMILES string of the molecule is CCCCCCC(CC1C(C(=O)O)CCC2C(=O)OC(=O)C21)C1C(C(=O)O)CCC2C(=O)OC(=O)C21. The van der Waals surface area contributed by atoms with Crippen LogP contribution in [0.3, 0.4) is 0 Å². The number of hydrogen-bond donors (Lipinski definition) is 2. The molecular weight excluding hydrogens is 472 g/mol. The van der Waals surface area contributed by atoms with E-state index in [0.29, 0.717) is 6.42 Å². The number of carboxylic acids is 2. The Hall–Kier alpha value is -2.78. The van der Waals surface area contributed by atoms with E-state index >= 15 is 0 Å². The van der Waals surface area contributed by atoms with Crippen molar-refractivity contribution in [3.63, 3.8) is 0 Å². The van der Waals surface area contributed by atoms with Crippen molar-refractivity contribution in [3.8, 4) is 0 Å². The number of fused-ring (bicyclic) bond motifs is 2. The number of ether oxygens (including phenoxy) is 2. The van der Waals surface area contributed by atoms with Gasteiger partial charge in [0.2, 0.25) is 0 Å². The van der Waals surface area contributed by atoms with Gasteiger partial charge in [-0.2, -0.15) is 0 Å². The van der Waals surface area contributed by atoms with E-state index in [1.807, 2.05) is 0 Å². The van der Waals surface area contributed by atoms with Crippen LogP contribution in [0.15, 0.2) is 0 Å². The van der Waals surface area contributed by atoms with Crippen molar-refractivity contribution in [2.75, 3.05) is 0 Å². The fourth-order valence-electron chi connectivity index (χ4n) is 7.40. The zero-order valence-corrected chi connectivity index (χ0v) is 20.4. The summed E-state index contributed by atoms with van der Waals surface area (Å²) in [4.78, 5) is 74.6. The van der Waals surface area contributed by atoms with Crippen molar-refractivity contribution < 1.29 is 48.5 Å². The molecule has 2 aliphatic carbocycles. The normalized spacial score (nSPS) is 36.6. The molecule has 10 nitrogen and oxygen atoms in total. The second-order valence-electron chi connectivity index (χ2n) is 10.9. The van der Waals surface area contributed by atoms with Crippen molar-refractivity contribution in [1.82, 2.24) is 0 Å². The molecule has 2 aliphatic heterocycles. The minimum atomic E-state index is -1.07. The van der Waals surface area contributed by atoms with Crippen molar-refractivity contribution >= 4 is 35.8 Å². The first-order valence-corrected chi connectivity index (χ1v) is 13.1. The molecule has 9 unspecified atom stereocenters.